The van der Waals surface area contributed by atoms with Crippen LogP contribution in [0.2, 0.25) is 0 Å². The Balaban J connectivity index is 0.00000116. The molecule has 8 nitrogen and oxygen atoms in total. The van der Waals surface area contributed by atoms with Gasteiger partial charge >= 0.3 is 0 Å². The van der Waals surface area contributed by atoms with E-state index >= 15 is 0 Å². The Morgan fingerprint density at radius 3 is 1.55 bits per heavy atom. The Hall–Kier alpha value is -3.56. The summed E-state index contributed by atoms with van der Waals surface area (Å²) in [6.07, 6.45) is -1.49. The number of rotatable bonds is 11. The van der Waals surface area contributed by atoms with Gasteiger partial charge in [-0.2, -0.15) is 0 Å². The van der Waals surface area contributed by atoms with Gasteiger partial charge in [0.05, 0.1) is 18.1 Å². The summed E-state index contributed by atoms with van der Waals surface area (Å²) < 4.78 is 15.9. The number of aliphatic hydroxyl groups excluding tert-OH is 3. The Bertz CT molecular complexity index is 1390. The van der Waals surface area contributed by atoms with Crippen LogP contribution >= 0.6 is 0 Å². The summed E-state index contributed by atoms with van der Waals surface area (Å²) in [6.45, 7) is 3.55. The van der Waals surface area contributed by atoms with Gasteiger partial charge in [0.15, 0.2) is 0 Å². The fourth-order valence-electron chi connectivity index (χ4n) is 5.21. The molecule has 5 rings (SSSR count). The van der Waals surface area contributed by atoms with Crippen LogP contribution in [0.1, 0.15) is 29.2 Å². The zero-order chi connectivity index (χ0) is 29.2. The van der Waals surface area contributed by atoms with Crippen molar-refractivity contribution in [2.75, 3.05) is 19.8 Å². The van der Waals surface area contributed by atoms with E-state index in [9.17, 15) is 15.0 Å². The first-order valence-corrected chi connectivity index (χ1v) is 13.0. The van der Waals surface area contributed by atoms with Crippen LogP contribution in [0.5, 0.6) is 11.5 Å². The van der Waals surface area contributed by atoms with E-state index in [2.05, 4.69) is 65.4 Å². The van der Waals surface area contributed by atoms with E-state index in [-0.39, 0.29) is 52.5 Å². The SMILES string of the molecule is CC(O)COc1ccc(C2(c3ccc(OCC(O)CO[C-]=O)cc3)c3ccccc3-c3ccccc32)cc1.O=[C-]O.[Y]. The van der Waals surface area contributed by atoms with E-state index in [4.69, 9.17) is 19.4 Å². The van der Waals surface area contributed by atoms with Crippen molar-refractivity contribution in [3.05, 3.63) is 119 Å². The molecule has 1 aliphatic rings. The molecule has 3 N–H and O–H groups in total. The molecule has 0 saturated heterocycles. The first kappa shape index (κ1) is 33.0. The number of fused-ring (bicyclic) bond motifs is 3. The van der Waals surface area contributed by atoms with Crippen molar-refractivity contribution in [3.63, 3.8) is 0 Å². The van der Waals surface area contributed by atoms with Crippen molar-refractivity contribution in [2.24, 2.45) is 0 Å². The molecule has 0 fully saturated rings. The summed E-state index contributed by atoms with van der Waals surface area (Å²) >= 11 is 0. The quantitative estimate of drug-likeness (QED) is 0.183. The van der Waals surface area contributed by atoms with Crippen molar-refractivity contribution < 1.29 is 71.8 Å². The molecule has 0 spiro atoms. The summed E-state index contributed by atoms with van der Waals surface area (Å²) in [4.78, 5) is 18.5. The minimum absolute atomic E-state index is 0. The molecule has 0 saturated carbocycles. The molecule has 1 radical (unpaired) electrons. The van der Waals surface area contributed by atoms with Gasteiger partial charge in [0.2, 0.25) is 0 Å². The molecule has 2 atom stereocenters. The van der Waals surface area contributed by atoms with E-state index in [1.165, 1.54) is 28.7 Å². The second-order valence-electron chi connectivity index (χ2n) is 9.50. The summed E-state index contributed by atoms with van der Waals surface area (Å²) in [5.41, 5.74) is 6.34. The number of ether oxygens (including phenoxy) is 3. The first-order valence-electron chi connectivity index (χ1n) is 13.0. The van der Waals surface area contributed by atoms with Crippen LogP contribution in [0.15, 0.2) is 97.1 Å². The Kier molecular flexibility index (Phi) is 12.2. The fourth-order valence-corrected chi connectivity index (χ4v) is 5.21. The summed E-state index contributed by atoms with van der Waals surface area (Å²) in [5, 5.41) is 26.3. The molecule has 9 heteroatoms. The second-order valence-corrected chi connectivity index (χ2v) is 9.50. The van der Waals surface area contributed by atoms with Crippen LogP contribution in [0.3, 0.4) is 0 Å². The second kappa shape index (κ2) is 15.6. The maximum Gasteiger partial charge on any atom is 0.119 e. The van der Waals surface area contributed by atoms with Gasteiger partial charge in [-0.15, -0.1) is 0 Å². The normalized spacial score (nSPS) is 13.5. The van der Waals surface area contributed by atoms with Crippen LogP contribution in [-0.4, -0.2) is 60.3 Å². The van der Waals surface area contributed by atoms with Crippen molar-refractivity contribution in [3.8, 4) is 22.6 Å². The van der Waals surface area contributed by atoms with Gasteiger partial charge in [0.1, 0.15) is 30.8 Å². The zero-order valence-corrected chi connectivity index (χ0v) is 25.8. The van der Waals surface area contributed by atoms with E-state index < -0.39 is 17.6 Å². The van der Waals surface area contributed by atoms with E-state index in [0.717, 1.165) is 11.1 Å². The van der Waals surface area contributed by atoms with E-state index in [0.29, 0.717) is 18.0 Å². The molecular formula is C33H30O8Y-2. The van der Waals surface area contributed by atoms with Gasteiger partial charge in [0, 0.05) is 32.7 Å². The van der Waals surface area contributed by atoms with Crippen LogP contribution < -0.4 is 9.47 Å². The molecule has 0 bridgehead atoms. The van der Waals surface area contributed by atoms with Crippen molar-refractivity contribution >= 4 is 12.9 Å². The molecule has 0 aromatic heterocycles. The number of hydrogen-bond acceptors (Lipinski definition) is 7. The van der Waals surface area contributed by atoms with E-state index in [1.807, 2.05) is 36.4 Å². The van der Waals surface area contributed by atoms with Gasteiger partial charge in [-0.05, 0) is 64.6 Å². The maximum atomic E-state index is 10.2. The minimum atomic E-state index is -0.939. The molecule has 215 valence electrons. The third-order valence-corrected chi connectivity index (χ3v) is 6.80. The van der Waals surface area contributed by atoms with Crippen LogP contribution in [0, 0.1) is 0 Å². The molecule has 42 heavy (non-hydrogen) atoms. The predicted octanol–water partition coefficient (Wildman–Crippen LogP) is 4.24. The molecule has 0 amide bonds. The van der Waals surface area contributed by atoms with Gasteiger partial charge in [-0.1, -0.05) is 85.7 Å². The van der Waals surface area contributed by atoms with Crippen LogP contribution in [-0.2, 0) is 52.5 Å². The molecular weight excluding hydrogens is 613 g/mol. The van der Waals surface area contributed by atoms with Gasteiger partial charge < -0.3 is 39.1 Å². The van der Waals surface area contributed by atoms with Crippen molar-refractivity contribution in [1.82, 2.24) is 0 Å². The maximum absolute atomic E-state index is 10.2. The van der Waals surface area contributed by atoms with Crippen molar-refractivity contribution in [2.45, 2.75) is 24.5 Å². The van der Waals surface area contributed by atoms with Gasteiger partial charge in [0.25, 0.3) is 0 Å². The van der Waals surface area contributed by atoms with Gasteiger partial charge in [-0.3, -0.25) is 0 Å². The first-order chi connectivity index (χ1) is 19.9. The number of benzene rings is 4. The molecule has 1 aliphatic carbocycles. The average molecular weight is 644 g/mol. The largest absolute Gasteiger partial charge is 0.665 e. The zero-order valence-electron chi connectivity index (χ0n) is 23.0. The predicted molar refractivity (Wildman–Crippen MR) is 152 cm³/mol. The Labute approximate surface area is 269 Å². The average Bonchev–Trinajstić information content (AvgIpc) is 3.30. The minimum Gasteiger partial charge on any atom is -0.665 e. The van der Waals surface area contributed by atoms with E-state index in [1.54, 1.807) is 6.92 Å². The number of aliphatic hydroxyl groups is 2. The molecule has 0 heterocycles. The number of carbonyl (C=O) groups excluding carboxylic acids is 1. The third kappa shape index (κ3) is 7.07. The van der Waals surface area contributed by atoms with Crippen molar-refractivity contribution in [1.29, 1.82) is 0 Å². The smallest absolute Gasteiger partial charge is 0.119 e. The Morgan fingerprint density at radius 1 is 0.690 bits per heavy atom. The fraction of sp³-hybridized carbons (Fsp3) is 0.212. The third-order valence-electron chi connectivity index (χ3n) is 6.80. The van der Waals surface area contributed by atoms with Crippen LogP contribution in [0.4, 0.5) is 0 Å². The molecule has 2 unspecified atom stereocenters. The molecule has 4 aromatic carbocycles. The topological polar surface area (TPSA) is 123 Å². The summed E-state index contributed by atoms with van der Waals surface area (Å²) in [6, 6.07) is 32.9. The van der Waals surface area contributed by atoms with Crippen LogP contribution in [0.25, 0.3) is 11.1 Å². The number of hydrogen-bond donors (Lipinski definition) is 3. The Morgan fingerprint density at radius 2 is 1.12 bits per heavy atom. The standard InChI is InChI=1S/C32H29O6.CHO2.Y/c1-22(34)18-37-26-14-10-23(11-15-26)32(24-12-16-27(17-13-24)38-20-25(35)19-36-21-33)30-8-4-2-6-28(30)29-7-3-5-9-31(29)32;2-1-3;/h2-17,22,25,34-35H,18-20H2,1H3;(H,2,3);/q2*-1;. The monoisotopic (exact) mass is 643 g/mol. The molecule has 0 aliphatic heterocycles. The summed E-state index contributed by atoms with van der Waals surface area (Å²) in [7, 11) is 0. The van der Waals surface area contributed by atoms with Gasteiger partial charge in [-0.25, -0.2) is 0 Å². The summed E-state index contributed by atoms with van der Waals surface area (Å²) in [5.74, 6) is 1.29. The molecule has 4 aromatic rings.